The van der Waals surface area contributed by atoms with Gasteiger partial charge in [0, 0.05) is 17.5 Å². The van der Waals surface area contributed by atoms with Crippen molar-refractivity contribution in [2.45, 2.75) is 31.9 Å². The van der Waals surface area contributed by atoms with Gasteiger partial charge in [-0.25, -0.2) is 4.73 Å². The summed E-state index contributed by atoms with van der Waals surface area (Å²) in [7, 11) is 0. The number of para-hydroxylation sites is 2. The van der Waals surface area contributed by atoms with E-state index in [9.17, 15) is 28.4 Å². The summed E-state index contributed by atoms with van der Waals surface area (Å²) in [6.45, 7) is 0.331. The minimum Gasteiger partial charge on any atom is -0.739 e. The van der Waals surface area contributed by atoms with E-state index >= 15 is 0 Å². The van der Waals surface area contributed by atoms with Gasteiger partial charge in [0.25, 0.3) is 5.52 Å². The van der Waals surface area contributed by atoms with E-state index in [1.807, 2.05) is 0 Å². The van der Waals surface area contributed by atoms with Gasteiger partial charge in [-0.15, -0.1) is 0 Å². The number of anilines is 1. The Morgan fingerprint density at radius 1 is 1.04 bits per heavy atom. The first-order valence-electron chi connectivity index (χ1n) is 8.02. The fourth-order valence-electron chi connectivity index (χ4n) is 2.31. The van der Waals surface area contributed by atoms with E-state index < -0.39 is 12.1 Å². The van der Waals surface area contributed by atoms with Crippen LogP contribution < -0.4 is 20.2 Å². The van der Waals surface area contributed by atoms with E-state index in [0.717, 1.165) is 0 Å². The van der Waals surface area contributed by atoms with Crippen LogP contribution in [-0.2, 0) is 4.79 Å². The molecule has 1 heterocycles. The molecule has 0 aliphatic heterocycles. The lowest BCUT2D eigenvalue weighted by Gasteiger charge is -2.10. The Hall–Kier alpha value is -2.85. The number of rotatable bonds is 8. The number of hydrogen-bond acceptors (Lipinski definition) is 5. The van der Waals surface area contributed by atoms with E-state index in [0.29, 0.717) is 41.8 Å². The quantitative estimate of drug-likeness (QED) is 0.410. The highest BCUT2D eigenvalue weighted by Crippen LogP contribution is 2.14. The molecule has 0 spiro atoms. The second-order valence-electron chi connectivity index (χ2n) is 5.57. The normalized spacial score (nSPS) is 11.5. The third kappa shape index (κ3) is 5.07. The molecule has 0 aliphatic rings. The highest BCUT2D eigenvalue weighted by atomic mass is 19.4. The predicted molar refractivity (Wildman–Crippen MR) is 85.7 cm³/mol. The van der Waals surface area contributed by atoms with Crippen molar-refractivity contribution in [2.75, 3.05) is 18.4 Å². The largest absolute Gasteiger partial charge is 0.739 e. The van der Waals surface area contributed by atoms with Gasteiger partial charge in [0.05, 0.1) is 6.54 Å². The van der Waals surface area contributed by atoms with Crippen molar-refractivity contribution in [3.63, 3.8) is 0 Å². The highest BCUT2D eigenvalue weighted by molar-refractivity contribution is 5.81. The number of unbranched alkanes of at least 4 members (excludes halogenated alkanes) is 3. The molecule has 1 aromatic heterocycles. The van der Waals surface area contributed by atoms with Crippen molar-refractivity contribution in [3.8, 4) is 0 Å². The molecule has 0 unspecified atom stereocenters. The minimum atomic E-state index is -4.86. The van der Waals surface area contributed by atoms with Crippen molar-refractivity contribution in [2.24, 2.45) is 0 Å². The summed E-state index contributed by atoms with van der Waals surface area (Å²) < 4.78 is 36.4. The van der Waals surface area contributed by atoms with Crippen LogP contribution in [-0.4, -0.2) is 30.3 Å². The summed E-state index contributed by atoms with van der Waals surface area (Å²) >= 11 is 0. The smallest absolute Gasteiger partial charge is 0.471 e. The van der Waals surface area contributed by atoms with Crippen LogP contribution >= 0.6 is 0 Å². The molecule has 142 valence electrons. The first kappa shape index (κ1) is 19.5. The Kier molecular flexibility index (Phi) is 6.36. The van der Waals surface area contributed by atoms with Crippen LogP contribution in [0.1, 0.15) is 25.7 Å². The molecular weight excluding hydrogens is 355 g/mol. The van der Waals surface area contributed by atoms with Crippen molar-refractivity contribution in [1.82, 2.24) is 10.4 Å². The second-order valence-corrected chi connectivity index (χ2v) is 5.57. The fraction of sp³-hybridized carbons (Fsp3) is 0.467. The average molecular weight is 373 g/mol. The van der Waals surface area contributed by atoms with Crippen LogP contribution in [0, 0.1) is 10.4 Å². The zero-order valence-electron chi connectivity index (χ0n) is 13.8. The number of carbonyl (C=O) groups is 1. The molecular formula is C15H18F3N5O3. The molecule has 26 heavy (non-hydrogen) atoms. The van der Waals surface area contributed by atoms with Crippen LogP contribution in [0.25, 0.3) is 11.0 Å². The number of benzene rings is 1. The summed E-state index contributed by atoms with van der Waals surface area (Å²) in [5.74, 6) is -2.05. The van der Waals surface area contributed by atoms with Gasteiger partial charge in [-0.3, -0.25) is 10.1 Å². The number of alkyl halides is 3. The van der Waals surface area contributed by atoms with Gasteiger partial charge >= 0.3 is 18.0 Å². The molecule has 0 aliphatic carbocycles. The van der Waals surface area contributed by atoms with E-state index in [1.54, 1.807) is 17.4 Å². The maximum absolute atomic E-state index is 12.1. The van der Waals surface area contributed by atoms with Crippen molar-refractivity contribution in [3.05, 3.63) is 34.7 Å². The van der Waals surface area contributed by atoms with Gasteiger partial charge in [-0.05, 0) is 18.9 Å². The van der Waals surface area contributed by atoms with Gasteiger partial charge in [-0.1, -0.05) is 25.0 Å². The van der Waals surface area contributed by atoms with Gasteiger partial charge in [0.15, 0.2) is 5.52 Å². The summed E-state index contributed by atoms with van der Waals surface area (Å²) in [5.41, 5.74) is 0.356. The van der Waals surface area contributed by atoms with Gasteiger partial charge in [0.1, 0.15) is 0 Å². The molecule has 0 saturated carbocycles. The van der Waals surface area contributed by atoms with E-state index in [-0.39, 0.29) is 23.5 Å². The zero-order valence-corrected chi connectivity index (χ0v) is 13.8. The van der Waals surface area contributed by atoms with Crippen molar-refractivity contribution >= 4 is 22.9 Å². The maximum Gasteiger partial charge on any atom is 0.471 e. The standard InChI is InChI=1S/C15H18F3N5O3/c16-15(17,18)13(24)19-9-5-1-2-6-10-20-14-21-23(26)12-8-4-3-7-11(12)22(14)25/h3-4,7-8H,1-2,5-6,9-10H2,(H,19,24)(H,20,21). The summed E-state index contributed by atoms with van der Waals surface area (Å²) in [5, 5.41) is 32.1. The predicted octanol–water partition coefficient (Wildman–Crippen LogP) is 1.15. The number of fused-ring (bicyclic) bond motifs is 1. The first-order chi connectivity index (χ1) is 12.3. The lowest BCUT2D eigenvalue weighted by molar-refractivity contribution is -0.672. The number of halogens is 3. The topological polar surface area (TPSA) is 108 Å². The molecule has 2 N–H and O–H groups in total. The Bertz CT molecular complexity index is 770. The molecule has 8 nitrogen and oxygen atoms in total. The SMILES string of the molecule is O=C(NCCCCCCNc1n[n+]([O-])c2ccccc2[n+]1[O-])C(F)(F)F. The van der Waals surface area contributed by atoms with Crippen molar-refractivity contribution < 1.29 is 27.5 Å². The Labute approximate surface area is 146 Å². The van der Waals surface area contributed by atoms with Gasteiger partial charge in [-0.2, -0.15) is 13.2 Å². The molecule has 2 aromatic rings. The van der Waals surface area contributed by atoms with E-state index in [4.69, 9.17) is 0 Å². The third-order valence-electron chi connectivity index (χ3n) is 3.61. The number of aromatic nitrogens is 3. The molecule has 0 radical (unpaired) electrons. The van der Waals surface area contributed by atoms with Crippen LogP contribution in [0.4, 0.5) is 19.1 Å². The molecule has 0 fully saturated rings. The van der Waals surface area contributed by atoms with Crippen LogP contribution in [0.2, 0.25) is 0 Å². The third-order valence-corrected chi connectivity index (χ3v) is 3.61. The monoisotopic (exact) mass is 373 g/mol. The van der Waals surface area contributed by atoms with Crippen LogP contribution in [0.15, 0.2) is 24.3 Å². The lowest BCUT2D eigenvalue weighted by Crippen LogP contribution is -2.44. The average Bonchev–Trinajstić information content (AvgIpc) is 2.60. The van der Waals surface area contributed by atoms with E-state index in [1.165, 1.54) is 12.1 Å². The summed E-state index contributed by atoms with van der Waals surface area (Å²) in [6, 6.07) is 6.27. The van der Waals surface area contributed by atoms with Crippen molar-refractivity contribution in [1.29, 1.82) is 0 Å². The fourth-order valence-corrected chi connectivity index (χ4v) is 2.31. The lowest BCUT2D eigenvalue weighted by atomic mass is 10.2. The molecule has 2 rings (SSSR count). The molecule has 0 bridgehead atoms. The van der Waals surface area contributed by atoms with Crippen LogP contribution in [0.3, 0.4) is 0 Å². The Balaban J connectivity index is 1.70. The number of carbonyl (C=O) groups excluding carboxylic acids is 1. The number of nitrogens with one attached hydrogen (secondary N) is 2. The number of hydrogen-bond donors (Lipinski definition) is 2. The molecule has 1 aromatic carbocycles. The molecule has 11 heteroatoms. The Morgan fingerprint density at radius 2 is 1.65 bits per heavy atom. The molecule has 1 amide bonds. The molecule has 0 atom stereocenters. The second kappa shape index (κ2) is 8.50. The Morgan fingerprint density at radius 3 is 2.31 bits per heavy atom. The van der Waals surface area contributed by atoms with E-state index in [2.05, 4.69) is 10.4 Å². The van der Waals surface area contributed by atoms with Gasteiger partial charge < -0.3 is 15.7 Å². The maximum atomic E-state index is 12.1. The summed E-state index contributed by atoms with van der Waals surface area (Å²) in [6.07, 6.45) is -2.52. The first-order valence-corrected chi connectivity index (χ1v) is 8.02. The number of nitrogens with zero attached hydrogens (tertiary/aromatic N) is 3. The number of amides is 1. The minimum absolute atomic E-state index is 0.0469. The van der Waals surface area contributed by atoms with Crippen LogP contribution in [0.5, 0.6) is 0 Å². The molecule has 0 saturated heterocycles. The van der Waals surface area contributed by atoms with Gasteiger partial charge in [0.2, 0.25) is 5.10 Å². The zero-order chi connectivity index (χ0) is 19.2. The highest BCUT2D eigenvalue weighted by Gasteiger charge is 2.38. The summed E-state index contributed by atoms with van der Waals surface area (Å²) in [4.78, 5) is 11.0.